The van der Waals surface area contributed by atoms with Gasteiger partial charge in [0.15, 0.2) is 0 Å². The zero-order valence-electron chi connectivity index (χ0n) is 19.6. The molecule has 4 rings (SSSR count). The lowest BCUT2D eigenvalue weighted by atomic mass is 9.95. The van der Waals surface area contributed by atoms with E-state index < -0.39 is 5.54 Å². The maximum atomic E-state index is 13.4. The largest absolute Gasteiger partial charge is 0.379 e. The minimum Gasteiger partial charge on any atom is -0.379 e. The van der Waals surface area contributed by atoms with E-state index in [2.05, 4.69) is 22.4 Å². The van der Waals surface area contributed by atoms with Crippen LogP contribution in [-0.2, 0) is 27.2 Å². The van der Waals surface area contributed by atoms with Gasteiger partial charge in [-0.1, -0.05) is 30.3 Å². The van der Waals surface area contributed by atoms with E-state index in [0.29, 0.717) is 31.9 Å². The van der Waals surface area contributed by atoms with Crippen molar-refractivity contribution in [2.24, 2.45) is 5.92 Å². The monoisotopic (exact) mass is 463 g/mol. The average Bonchev–Trinajstić information content (AvgIpc) is 3.05. The Morgan fingerprint density at radius 1 is 1.18 bits per heavy atom. The molecule has 0 radical (unpaired) electrons. The molecule has 178 valence electrons. The van der Waals surface area contributed by atoms with Crippen molar-refractivity contribution >= 4 is 22.6 Å². The lowest BCUT2D eigenvalue weighted by Crippen LogP contribution is -2.57. The Labute approximate surface area is 199 Å². The molecule has 7 heteroatoms. The van der Waals surface area contributed by atoms with Crippen LogP contribution in [0, 0.1) is 11.7 Å². The molecule has 0 spiro atoms. The molecule has 1 N–H and O–H groups in total. The lowest BCUT2D eigenvalue weighted by molar-refractivity contribution is -0.140. The molecule has 1 saturated heterocycles. The third kappa shape index (κ3) is 5.78. The molecule has 0 aliphatic carbocycles. The van der Waals surface area contributed by atoms with Gasteiger partial charge >= 0.3 is 0 Å². The molecule has 34 heavy (non-hydrogen) atoms. The molecule has 6 nitrogen and oxygen atoms in total. The summed E-state index contributed by atoms with van der Waals surface area (Å²) in [7, 11) is 0. The summed E-state index contributed by atoms with van der Waals surface area (Å²) in [5.74, 6) is -0.647. The van der Waals surface area contributed by atoms with E-state index in [1.165, 1.54) is 17.7 Å². The standard InChI is InChI=1S/C27H30FN3O3/c1-27(2,30-25(32)15-19-6-8-23(28)9-7-19)26(33)31-12-13-34-18-20(17-31)14-22-5-3-4-21-10-11-29-16-24(21)22/h3-11,16,20H,12-15,17-18H2,1-2H3,(H,30,32)/t20-/m1/s1. The summed E-state index contributed by atoms with van der Waals surface area (Å²) < 4.78 is 18.9. The molecule has 0 saturated carbocycles. The van der Waals surface area contributed by atoms with Gasteiger partial charge in [-0.3, -0.25) is 14.6 Å². The van der Waals surface area contributed by atoms with Crippen LogP contribution in [0.4, 0.5) is 4.39 Å². The number of halogens is 1. The Hall–Kier alpha value is -3.32. The van der Waals surface area contributed by atoms with Crippen molar-refractivity contribution in [2.75, 3.05) is 26.3 Å². The Kier molecular flexibility index (Phi) is 7.22. The predicted octanol–water partition coefficient (Wildman–Crippen LogP) is 3.53. The van der Waals surface area contributed by atoms with E-state index in [1.54, 1.807) is 37.1 Å². The number of hydrogen-bond donors (Lipinski definition) is 1. The summed E-state index contributed by atoms with van der Waals surface area (Å²) in [5.41, 5.74) is 0.797. The highest BCUT2D eigenvalue weighted by Gasteiger charge is 2.35. The van der Waals surface area contributed by atoms with Gasteiger partial charge < -0.3 is 15.0 Å². The van der Waals surface area contributed by atoms with Crippen LogP contribution in [0.1, 0.15) is 25.0 Å². The normalized spacial score (nSPS) is 16.8. The van der Waals surface area contributed by atoms with Crippen LogP contribution >= 0.6 is 0 Å². The Bertz CT molecular complexity index is 1160. The van der Waals surface area contributed by atoms with Crippen molar-refractivity contribution in [2.45, 2.75) is 32.2 Å². The molecule has 2 heterocycles. The van der Waals surface area contributed by atoms with Crippen molar-refractivity contribution in [3.05, 3.63) is 77.9 Å². The average molecular weight is 464 g/mol. The third-order valence-corrected chi connectivity index (χ3v) is 6.17. The van der Waals surface area contributed by atoms with Crippen LogP contribution in [0.25, 0.3) is 10.8 Å². The summed E-state index contributed by atoms with van der Waals surface area (Å²) in [6, 6.07) is 14.0. The number of aromatic nitrogens is 1. The highest BCUT2D eigenvalue weighted by atomic mass is 19.1. The molecule has 0 unspecified atom stereocenters. The summed E-state index contributed by atoms with van der Waals surface area (Å²) in [6.07, 6.45) is 4.51. The minimum absolute atomic E-state index is 0.0812. The molecule has 2 amide bonds. The van der Waals surface area contributed by atoms with Gasteiger partial charge in [0.1, 0.15) is 11.4 Å². The number of amides is 2. The van der Waals surface area contributed by atoms with Crippen LogP contribution < -0.4 is 5.32 Å². The fourth-order valence-corrected chi connectivity index (χ4v) is 4.48. The Morgan fingerprint density at radius 3 is 2.76 bits per heavy atom. The molecular formula is C27H30FN3O3. The molecule has 0 bridgehead atoms. The second-order valence-electron chi connectivity index (χ2n) is 9.39. The number of benzene rings is 2. The van der Waals surface area contributed by atoms with Crippen molar-refractivity contribution in [3.8, 4) is 0 Å². The summed E-state index contributed by atoms with van der Waals surface area (Å²) >= 11 is 0. The summed E-state index contributed by atoms with van der Waals surface area (Å²) in [4.78, 5) is 32.1. The smallest absolute Gasteiger partial charge is 0.247 e. The van der Waals surface area contributed by atoms with E-state index in [4.69, 9.17) is 4.74 Å². The fraction of sp³-hybridized carbons (Fsp3) is 0.370. The molecule has 1 atom stereocenters. The molecule has 1 fully saturated rings. The number of ether oxygens (including phenoxy) is 1. The highest BCUT2D eigenvalue weighted by molar-refractivity contribution is 5.91. The first-order valence-corrected chi connectivity index (χ1v) is 11.6. The minimum atomic E-state index is -1.07. The summed E-state index contributed by atoms with van der Waals surface area (Å²) in [5, 5.41) is 5.10. The topological polar surface area (TPSA) is 71.5 Å². The quantitative estimate of drug-likeness (QED) is 0.607. The zero-order valence-corrected chi connectivity index (χ0v) is 19.6. The maximum Gasteiger partial charge on any atom is 0.247 e. The van der Waals surface area contributed by atoms with Crippen LogP contribution in [0.2, 0.25) is 0 Å². The number of nitrogens with zero attached hydrogens (tertiary/aromatic N) is 2. The highest BCUT2D eigenvalue weighted by Crippen LogP contribution is 2.23. The first-order chi connectivity index (χ1) is 16.3. The van der Waals surface area contributed by atoms with Gasteiger partial charge in [0.2, 0.25) is 11.8 Å². The SMILES string of the molecule is CC(C)(NC(=O)Cc1ccc(F)cc1)C(=O)N1CCOC[C@H](Cc2cccc3ccncc23)C1. The maximum absolute atomic E-state index is 13.4. The number of rotatable bonds is 6. The van der Waals surface area contributed by atoms with Crippen LogP contribution in [0.15, 0.2) is 60.9 Å². The lowest BCUT2D eigenvalue weighted by Gasteiger charge is -2.33. The van der Waals surface area contributed by atoms with Crippen LogP contribution in [-0.4, -0.2) is 53.5 Å². The molecule has 1 aliphatic heterocycles. The first kappa shape index (κ1) is 23.8. The van der Waals surface area contributed by atoms with Crippen molar-refractivity contribution in [1.29, 1.82) is 0 Å². The van der Waals surface area contributed by atoms with Crippen molar-refractivity contribution in [1.82, 2.24) is 15.2 Å². The van der Waals surface area contributed by atoms with E-state index in [0.717, 1.165) is 17.2 Å². The van der Waals surface area contributed by atoms with Crippen LogP contribution in [0.5, 0.6) is 0 Å². The van der Waals surface area contributed by atoms with E-state index in [1.807, 2.05) is 18.3 Å². The second kappa shape index (κ2) is 10.3. The number of carbonyl (C=O) groups excluding carboxylic acids is 2. The van der Waals surface area contributed by atoms with Gasteiger partial charge in [-0.2, -0.15) is 0 Å². The van der Waals surface area contributed by atoms with E-state index in [-0.39, 0.29) is 30.0 Å². The predicted molar refractivity (Wildman–Crippen MR) is 129 cm³/mol. The molecular weight excluding hydrogens is 433 g/mol. The molecule has 3 aromatic rings. The third-order valence-electron chi connectivity index (χ3n) is 6.17. The number of hydrogen-bond acceptors (Lipinski definition) is 4. The van der Waals surface area contributed by atoms with Crippen molar-refractivity contribution in [3.63, 3.8) is 0 Å². The van der Waals surface area contributed by atoms with E-state index >= 15 is 0 Å². The van der Waals surface area contributed by atoms with E-state index in [9.17, 15) is 14.0 Å². The van der Waals surface area contributed by atoms with Gasteiger partial charge in [-0.25, -0.2) is 4.39 Å². The second-order valence-corrected chi connectivity index (χ2v) is 9.39. The Morgan fingerprint density at radius 2 is 1.97 bits per heavy atom. The first-order valence-electron chi connectivity index (χ1n) is 11.6. The summed E-state index contributed by atoms with van der Waals surface area (Å²) in [6.45, 7) is 5.48. The van der Waals surface area contributed by atoms with Gasteiger partial charge in [0.25, 0.3) is 0 Å². The van der Waals surface area contributed by atoms with Gasteiger partial charge in [-0.05, 0) is 55.0 Å². The number of carbonyl (C=O) groups is 2. The molecule has 1 aliphatic rings. The van der Waals surface area contributed by atoms with Gasteiger partial charge in [0, 0.05) is 36.8 Å². The number of fused-ring (bicyclic) bond motifs is 1. The molecule has 2 aromatic carbocycles. The number of nitrogens with one attached hydrogen (secondary N) is 1. The Balaban J connectivity index is 1.42. The van der Waals surface area contributed by atoms with Crippen molar-refractivity contribution < 1.29 is 18.7 Å². The van der Waals surface area contributed by atoms with Crippen LogP contribution in [0.3, 0.4) is 0 Å². The zero-order chi connectivity index (χ0) is 24.1. The van der Waals surface area contributed by atoms with Gasteiger partial charge in [0.05, 0.1) is 19.6 Å². The molecule has 1 aromatic heterocycles. The number of pyridine rings is 1. The fourth-order valence-electron chi connectivity index (χ4n) is 4.48. The van der Waals surface area contributed by atoms with Gasteiger partial charge in [-0.15, -0.1) is 0 Å².